The van der Waals surface area contributed by atoms with Crippen LogP contribution < -0.4 is 4.90 Å². The van der Waals surface area contributed by atoms with Crippen LogP contribution in [0.4, 0.5) is 11.4 Å². The highest BCUT2D eigenvalue weighted by atomic mass is 16.6. The number of carboxylic acids is 1. The van der Waals surface area contributed by atoms with Crippen molar-refractivity contribution >= 4 is 17.3 Å². The quantitative estimate of drug-likeness (QED) is 0.671. The first-order chi connectivity index (χ1) is 9.38. The van der Waals surface area contributed by atoms with Gasteiger partial charge in [0.25, 0.3) is 5.69 Å². The van der Waals surface area contributed by atoms with Crippen LogP contribution in [-0.4, -0.2) is 41.3 Å². The van der Waals surface area contributed by atoms with Crippen molar-refractivity contribution in [1.82, 2.24) is 0 Å². The van der Waals surface area contributed by atoms with Gasteiger partial charge in [0, 0.05) is 19.2 Å². The normalized spacial score (nSPS) is 22.6. The lowest BCUT2D eigenvalue weighted by Gasteiger charge is -2.36. The first-order valence-corrected chi connectivity index (χ1v) is 6.30. The molecule has 0 radical (unpaired) electrons. The lowest BCUT2D eigenvalue weighted by atomic mass is 10.1. The van der Waals surface area contributed by atoms with Crippen LogP contribution in [0.2, 0.25) is 0 Å². The summed E-state index contributed by atoms with van der Waals surface area (Å²) in [7, 11) is 0. The van der Waals surface area contributed by atoms with Gasteiger partial charge in [0.15, 0.2) is 0 Å². The minimum atomic E-state index is -1.10. The van der Waals surface area contributed by atoms with E-state index in [0.29, 0.717) is 18.8 Å². The van der Waals surface area contributed by atoms with Crippen molar-refractivity contribution in [3.63, 3.8) is 0 Å². The fraction of sp³-hybridized carbons (Fsp3) is 0.462. The molecule has 0 amide bonds. The van der Waals surface area contributed by atoms with Crippen molar-refractivity contribution in [1.29, 1.82) is 0 Å². The number of rotatable bonds is 3. The number of nitro groups is 1. The van der Waals surface area contributed by atoms with Gasteiger partial charge in [0.05, 0.1) is 22.7 Å². The zero-order valence-corrected chi connectivity index (χ0v) is 11.3. The average molecular weight is 280 g/mol. The second-order valence-corrected chi connectivity index (χ2v) is 4.93. The van der Waals surface area contributed by atoms with E-state index in [4.69, 9.17) is 9.84 Å². The largest absolute Gasteiger partial charge is 0.478 e. The summed E-state index contributed by atoms with van der Waals surface area (Å²) in [6.45, 7) is 4.76. The Balaban J connectivity index is 2.43. The van der Waals surface area contributed by atoms with Gasteiger partial charge in [-0.1, -0.05) is 0 Å². The predicted octanol–water partition coefficient (Wildman–Crippen LogP) is 1.91. The molecular weight excluding hydrogens is 264 g/mol. The van der Waals surface area contributed by atoms with E-state index in [1.165, 1.54) is 18.2 Å². The summed E-state index contributed by atoms with van der Waals surface area (Å²) in [6, 6.07) is 3.84. The molecule has 0 bridgehead atoms. The summed E-state index contributed by atoms with van der Waals surface area (Å²) < 4.78 is 5.59. The molecule has 20 heavy (non-hydrogen) atoms. The van der Waals surface area contributed by atoms with Crippen molar-refractivity contribution in [3.8, 4) is 0 Å². The molecule has 1 heterocycles. The van der Waals surface area contributed by atoms with Crippen molar-refractivity contribution < 1.29 is 19.6 Å². The predicted molar refractivity (Wildman–Crippen MR) is 72.3 cm³/mol. The Morgan fingerprint density at radius 3 is 2.50 bits per heavy atom. The van der Waals surface area contributed by atoms with Crippen molar-refractivity contribution in [3.05, 3.63) is 33.9 Å². The van der Waals surface area contributed by atoms with E-state index in [1.54, 1.807) is 0 Å². The lowest BCUT2D eigenvalue weighted by molar-refractivity contribution is -0.384. The van der Waals surface area contributed by atoms with E-state index in [-0.39, 0.29) is 23.5 Å². The molecule has 1 aromatic rings. The molecule has 1 fully saturated rings. The number of hydrogen-bond donors (Lipinski definition) is 1. The number of benzene rings is 1. The number of aromatic carboxylic acids is 1. The summed E-state index contributed by atoms with van der Waals surface area (Å²) >= 11 is 0. The number of nitro benzene ring substituents is 1. The SMILES string of the molecule is CC1CN(c2cc(C(=O)O)ccc2[N+](=O)[O-])CC(C)O1. The Kier molecular flexibility index (Phi) is 3.89. The molecule has 1 aliphatic heterocycles. The van der Waals surface area contributed by atoms with E-state index in [9.17, 15) is 14.9 Å². The molecule has 1 saturated heterocycles. The van der Waals surface area contributed by atoms with Crippen LogP contribution in [0.5, 0.6) is 0 Å². The van der Waals surface area contributed by atoms with Crippen molar-refractivity contribution in [2.24, 2.45) is 0 Å². The molecule has 2 atom stereocenters. The van der Waals surface area contributed by atoms with E-state index in [0.717, 1.165) is 0 Å². The minimum absolute atomic E-state index is 0.0393. The molecule has 2 unspecified atom stereocenters. The number of ether oxygens (including phenoxy) is 1. The first kappa shape index (κ1) is 14.3. The maximum Gasteiger partial charge on any atom is 0.335 e. The van der Waals surface area contributed by atoms with Crippen LogP contribution in [0.15, 0.2) is 18.2 Å². The number of hydrogen-bond acceptors (Lipinski definition) is 5. The van der Waals surface area contributed by atoms with Crippen LogP contribution in [-0.2, 0) is 4.74 Å². The maximum atomic E-state index is 11.1. The number of carboxylic acid groups (broad SMARTS) is 1. The van der Waals surface area contributed by atoms with E-state index in [1.807, 2.05) is 18.7 Å². The zero-order chi connectivity index (χ0) is 14.9. The highest BCUT2D eigenvalue weighted by Crippen LogP contribution is 2.31. The second-order valence-electron chi connectivity index (χ2n) is 4.93. The third kappa shape index (κ3) is 2.88. The van der Waals surface area contributed by atoms with Gasteiger partial charge < -0.3 is 14.7 Å². The number of morpholine rings is 1. The Bertz CT molecular complexity index is 536. The van der Waals surface area contributed by atoms with Crippen LogP contribution in [0.3, 0.4) is 0 Å². The molecule has 0 aliphatic carbocycles. The third-order valence-corrected chi connectivity index (χ3v) is 3.18. The van der Waals surface area contributed by atoms with Gasteiger partial charge in [0.2, 0.25) is 0 Å². The van der Waals surface area contributed by atoms with Gasteiger partial charge in [-0.25, -0.2) is 4.79 Å². The monoisotopic (exact) mass is 280 g/mol. The topological polar surface area (TPSA) is 92.9 Å². The van der Waals surface area contributed by atoms with Crippen molar-refractivity contribution in [2.75, 3.05) is 18.0 Å². The van der Waals surface area contributed by atoms with Gasteiger partial charge in [-0.05, 0) is 26.0 Å². The zero-order valence-electron chi connectivity index (χ0n) is 11.3. The van der Waals surface area contributed by atoms with E-state index >= 15 is 0 Å². The molecule has 7 heteroatoms. The molecule has 1 aliphatic rings. The molecule has 0 saturated carbocycles. The Morgan fingerprint density at radius 2 is 2.00 bits per heavy atom. The van der Waals surface area contributed by atoms with Crippen molar-refractivity contribution in [2.45, 2.75) is 26.1 Å². The van der Waals surface area contributed by atoms with Gasteiger partial charge >= 0.3 is 5.97 Å². The number of nitrogens with zero attached hydrogens (tertiary/aromatic N) is 2. The average Bonchev–Trinajstić information content (AvgIpc) is 2.36. The molecule has 1 N–H and O–H groups in total. The fourth-order valence-electron chi connectivity index (χ4n) is 2.44. The fourth-order valence-corrected chi connectivity index (χ4v) is 2.44. The summed E-state index contributed by atoms with van der Waals surface area (Å²) in [6.07, 6.45) is -0.126. The molecule has 7 nitrogen and oxygen atoms in total. The molecular formula is C13H16N2O5. The van der Waals surface area contributed by atoms with Crippen LogP contribution in [0.25, 0.3) is 0 Å². The van der Waals surface area contributed by atoms with Gasteiger partial charge in [-0.15, -0.1) is 0 Å². The van der Waals surface area contributed by atoms with Gasteiger partial charge in [-0.3, -0.25) is 10.1 Å². The third-order valence-electron chi connectivity index (χ3n) is 3.18. The van der Waals surface area contributed by atoms with E-state index in [2.05, 4.69) is 0 Å². The first-order valence-electron chi connectivity index (χ1n) is 6.30. The Labute approximate surface area is 115 Å². The summed E-state index contributed by atoms with van der Waals surface area (Å²) in [5.41, 5.74) is 0.283. The highest BCUT2D eigenvalue weighted by molar-refractivity contribution is 5.90. The smallest absolute Gasteiger partial charge is 0.335 e. The van der Waals surface area contributed by atoms with Crippen LogP contribution in [0, 0.1) is 10.1 Å². The molecule has 0 spiro atoms. The minimum Gasteiger partial charge on any atom is -0.478 e. The maximum absolute atomic E-state index is 11.1. The van der Waals surface area contributed by atoms with E-state index < -0.39 is 10.9 Å². The van der Waals surface area contributed by atoms with Gasteiger partial charge in [-0.2, -0.15) is 0 Å². The Hall–Kier alpha value is -2.15. The standard InChI is InChI=1S/C13H16N2O5/c1-8-6-14(7-9(2)20-8)12-5-10(13(16)17)3-4-11(12)15(18)19/h3-5,8-9H,6-7H2,1-2H3,(H,16,17). The lowest BCUT2D eigenvalue weighted by Crippen LogP contribution is -2.45. The van der Waals surface area contributed by atoms with Gasteiger partial charge in [0.1, 0.15) is 5.69 Å². The molecule has 1 aromatic carbocycles. The summed E-state index contributed by atoms with van der Waals surface area (Å²) in [5.74, 6) is -1.10. The van der Waals surface area contributed by atoms with Crippen LogP contribution in [0.1, 0.15) is 24.2 Å². The number of carbonyl (C=O) groups is 1. The second kappa shape index (κ2) is 5.46. The number of anilines is 1. The molecule has 108 valence electrons. The molecule has 0 aromatic heterocycles. The van der Waals surface area contributed by atoms with Crippen LogP contribution >= 0.6 is 0 Å². The summed E-state index contributed by atoms with van der Waals surface area (Å²) in [5, 5.41) is 20.1. The Morgan fingerprint density at radius 1 is 1.40 bits per heavy atom. The molecule has 2 rings (SSSR count). The highest BCUT2D eigenvalue weighted by Gasteiger charge is 2.28. The summed E-state index contributed by atoms with van der Waals surface area (Å²) in [4.78, 5) is 23.5.